The van der Waals surface area contributed by atoms with Gasteiger partial charge in [-0.15, -0.1) is 0 Å². The predicted molar refractivity (Wildman–Crippen MR) is 107 cm³/mol. The number of hydrogen-bond acceptors (Lipinski definition) is 4. The summed E-state index contributed by atoms with van der Waals surface area (Å²) in [6.45, 7) is 9.41. The second-order valence-corrected chi connectivity index (χ2v) is 9.21. The molecular formula is C20H26N2O4S. The first-order chi connectivity index (χ1) is 12.5. The van der Waals surface area contributed by atoms with Gasteiger partial charge in [0.25, 0.3) is 15.9 Å². The summed E-state index contributed by atoms with van der Waals surface area (Å²) in [5, 5.41) is 2.82. The summed E-state index contributed by atoms with van der Waals surface area (Å²) in [5.41, 5.74) is 0.286. The Balaban J connectivity index is 2.19. The Morgan fingerprint density at radius 1 is 1.04 bits per heavy atom. The number of sulfonamides is 1. The molecule has 7 heteroatoms. The highest BCUT2D eigenvalue weighted by Gasteiger charge is 2.19. The Labute approximate surface area is 161 Å². The van der Waals surface area contributed by atoms with Gasteiger partial charge in [-0.05, 0) is 77.1 Å². The van der Waals surface area contributed by atoms with Crippen LogP contribution in [-0.2, 0) is 10.0 Å². The van der Waals surface area contributed by atoms with Crippen molar-refractivity contribution in [3.8, 4) is 5.75 Å². The van der Waals surface area contributed by atoms with Crippen LogP contribution in [0.2, 0.25) is 0 Å². The fourth-order valence-electron chi connectivity index (χ4n) is 2.31. The number of carbonyl (C=O) groups excluding carboxylic acids is 1. The second-order valence-electron chi connectivity index (χ2n) is 7.53. The molecule has 0 radical (unpaired) electrons. The molecule has 0 aliphatic carbocycles. The lowest BCUT2D eigenvalue weighted by Crippen LogP contribution is -2.40. The quantitative estimate of drug-likeness (QED) is 0.786. The predicted octanol–water partition coefficient (Wildman–Crippen LogP) is 3.80. The van der Waals surface area contributed by atoms with Gasteiger partial charge in [0.1, 0.15) is 5.75 Å². The van der Waals surface area contributed by atoms with Gasteiger partial charge in [-0.1, -0.05) is 6.07 Å². The third kappa shape index (κ3) is 6.29. The van der Waals surface area contributed by atoms with Crippen LogP contribution in [0.1, 0.15) is 45.0 Å². The molecule has 0 bridgehead atoms. The molecule has 27 heavy (non-hydrogen) atoms. The van der Waals surface area contributed by atoms with Gasteiger partial charge in [0.05, 0.1) is 11.0 Å². The number of carbonyl (C=O) groups is 1. The van der Waals surface area contributed by atoms with E-state index in [1.165, 1.54) is 12.1 Å². The van der Waals surface area contributed by atoms with Gasteiger partial charge in [-0.25, -0.2) is 8.42 Å². The standard InChI is InChI=1S/C20H26N2O4S/c1-14(2)26-17-11-9-16(10-12-17)22-27(24,25)18-8-6-7-15(13-18)19(23)21-20(3,4)5/h6-14,22H,1-5H3,(H,21,23). The van der Waals surface area contributed by atoms with Gasteiger partial charge in [0.15, 0.2) is 0 Å². The van der Waals surface area contributed by atoms with E-state index >= 15 is 0 Å². The Bertz CT molecular complexity index is 898. The molecule has 0 aromatic heterocycles. The van der Waals surface area contributed by atoms with Gasteiger partial charge >= 0.3 is 0 Å². The Hall–Kier alpha value is -2.54. The molecule has 0 unspecified atom stereocenters. The van der Waals surface area contributed by atoms with Crippen LogP contribution in [0.5, 0.6) is 5.75 Å². The molecule has 146 valence electrons. The van der Waals surface area contributed by atoms with Crippen LogP contribution in [0.15, 0.2) is 53.4 Å². The van der Waals surface area contributed by atoms with Crippen molar-refractivity contribution in [1.29, 1.82) is 0 Å². The largest absolute Gasteiger partial charge is 0.491 e. The van der Waals surface area contributed by atoms with Crippen LogP contribution >= 0.6 is 0 Å². The zero-order chi connectivity index (χ0) is 20.2. The first-order valence-corrected chi connectivity index (χ1v) is 10.2. The molecule has 0 fully saturated rings. The van der Waals surface area contributed by atoms with Gasteiger partial charge in [0.2, 0.25) is 0 Å². The maximum absolute atomic E-state index is 12.7. The molecule has 2 N–H and O–H groups in total. The topological polar surface area (TPSA) is 84.5 Å². The van der Waals surface area contributed by atoms with Crippen molar-refractivity contribution in [2.75, 3.05) is 4.72 Å². The maximum atomic E-state index is 12.7. The fourth-order valence-corrected chi connectivity index (χ4v) is 3.41. The van der Waals surface area contributed by atoms with Gasteiger partial charge in [-0.2, -0.15) is 0 Å². The smallest absolute Gasteiger partial charge is 0.261 e. The minimum absolute atomic E-state index is 0.0200. The number of hydrogen-bond donors (Lipinski definition) is 2. The molecule has 0 saturated carbocycles. The Morgan fingerprint density at radius 3 is 2.22 bits per heavy atom. The second kappa shape index (κ2) is 8.00. The van der Waals surface area contributed by atoms with Gasteiger partial charge in [0, 0.05) is 16.8 Å². The normalized spacial score (nSPS) is 11.9. The molecule has 0 spiro atoms. The molecule has 2 aromatic rings. The van der Waals surface area contributed by atoms with E-state index in [9.17, 15) is 13.2 Å². The fraction of sp³-hybridized carbons (Fsp3) is 0.350. The average Bonchev–Trinajstić information content (AvgIpc) is 2.54. The van der Waals surface area contributed by atoms with E-state index in [0.29, 0.717) is 11.4 Å². The van der Waals surface area contributed by atoms with Crippen molar-refractivity contribution >= 4 is 21.6 Å². The molecule has 1 amide bonds. The highest BCUT2D eigenvalue weighted by Crippen LogP contribution is 2.21. The third-order valence-electron chi connectivity index (χ3n) is 3.37. The minimum atomic E-state index is -3.82. The van der Waals surface area contributed by atoms with Crippen molar-refractivity contribution in [1.82, 2.24) is 5.32 Å². The highest BCUT2D eigenvalue weighted by atomic mass is 32.2. The Kier molecular flexibility index (Phi) is 6.15. The van der Waals surface area contributed by atoms with Crippen molar-refractivity contribution in [3.05, 3.63) is 54.1 Å². The summed E-state index contributed by atoms with van der Waals surface area (Å²) < 4.78 is 33.4. The molecular weight excluding hydrogens is 364 g/mol. The Morgan fingerprint density at radius 2 is 1.67 bits per heavy atom. The maximum Gasteiger partial charge on any atom is 0.261 e. The number of nitrogens with one attached hydrogen (secondary N) is 2. The van der Waals surface area contributed by atoms with Crippen LogP contribution in [0.25, 0.3) is 0 Å². The van der Waals surface area contributed by atoms with E-state index < -0.39 is 15.6 Å². The summed E-state index contributed by atoms with van der Waals surface area (Å²) in [6, 6.07) is 12.6. The molecule has 0 aliphatic heterocycles. The van der Waals surface area contributed by atoms with Crippen LogP contribution < -0.4 is 14.8 Å². The number of ether oxygens (including phenoxy) is 1. The van der Waals surface area contributed by atoms with Crippen molar-refractivity contribution in [3.63, 3.8) is 0 Å². The number of amides is 1. The van der Waals surface area contributed by atoms with Gasteiger partial charge in [-0.3, -0.25) is 9.52 Å². The molecule has 6 nitrogen and oxygen atoms in total. The SMILES string of the molecule is CC(C)Oc1ccc(NS(=O)(=O)c2cccc(C(=O)NC(C)(C)C)c2)cc1. The lowest BCUT2D eigenvalue weighted by atomic mass is 10.1. The average molecular weight is 391 g/mol. The minimum Gasteiger partial charge on any atom is -0.491 e. The van der Waals surface area contributed by atoms with Crippen molar-refractivity contribution in [2.45, 2.75) is 51.2 Å². The highest BCUT2D eigenvalue weighted by molar-refractivity contribution is 7.92. The number of rotatable bonds is 6. The van der Waals surface area contributed by atoms with Crippen LogP contribution in [0.4, 0.5) is 5.69 Å². The van der Waals surface area contributed by atoms with E-state index in [-0.39, 0.29) is 22.5 Å². The number of benzene rings is 2. The molecule has 2 rings (SSSR count). The zero-order valence-corrected chi connectivity index (χ0v) is 17.1. The van der Waals surface area contributed by atoms with E-state index in [2.05, 4.69) is 10.0 Å². The summed E-state index contributed by atoms with van der Waals surface area (Å²) in [7, 11) is -3.82. The lowest BCUT2D eigenvalue weighted by molar-refractivity contribution is 0.0919. The van der Waals surface area contributed by atoms with Crippen LogP contribution in [-0.4, -0.2) is 26.0 Å². The summed E-state index contributed by atoms with van der Waals surface area (Å²) >= 11 is 0. The van der Waals surface area contributed by atoms with Crippen molar-refractivity contribution < 1.29 is 17.9 Å². The summed E-state index contributed by atoms with van der Waals surface area (Å²) in [4.78, 5) is 12.3. The third-order valence-corrected chi connectivity index (χ3v) is 4.75. The molecule has 0 aliphatic rings. The zero-order valence-electron chi connectivity index (χ0n) is 16.2. The summed E-state index contributed by atoms with van der Waals surface area (Å²) in [6.07, 6.45) is 0.0366. The van der Waals surface area contributed by atoms with E-state index in [0.717, 1.165) is 0 Å². The van der Waals surface area contributed by atoms with Crippen LogP contribution in [0, 0.1) is 0 Å². The molecule has 0 heterocycles. The van der Waals surface area contributed by atoms with E-state index in [1.807, 2.05) is 34.6 Å². The summed E-state index contributed by atoms with van der Waals surface area (Å²) in [5.74, 6) is 0.337. The van der Waals surface area contributed by atoms with E-state index in [4.69, 9.17) is 4.74 Å². The van der Waals surface area contributed by atoms with Crippen molar-refractivity contribution in [2.24, 2.45) is 0 Å². The lowest BCUT2D eigenvalue weighted by Gasteiger charge is -2.20. The molecule has 0 atom stereocenters. The molecule has 0 saturated heterocycles. The molecule has 2 aromatic carbocycles. The first-order valence-electron chi connectivity index (χ1n) is 8.68. The van der Waals surface area contributed by atoms with Crippen LogP contribution in [0.3, 0.4) is 0 Å². The first kappa shape index (κ1) is 20.8. The van der Waals surface area contributed by atoms with E-state index in [1.54, 1.807) is 36.4 Å². The monoisotopic (exact) mass is 390 g/mol. The number of anilines is 1. The van der Waals surface area contributed by atoms with Gasteiger partial charge < -0.3 is 10.1 Å².